The monoisotopic (exact) mass is 436 g/mol. The molecule has 3 atom stereocenters. The van der Waals surface area contributed by atoms with E-state index in [0.29, 0.717) is 38.2 Å². The van der Waals surface area contributed by atoms with E-state index in [-0.39, 0.29) is 36.4 Å². The van der Waals surface area contributed by atoms with Crippen molar-refractivity contribution in [3.05, 3.63) is 23.8 Å². The average Bonchev–Trinajstić information content (AvgIpc) is 2.81. The summed E-state index contributed by atoms with van der Waals surface area (Å²) in [6.45, 7) is 15.4. The molecule has 6 heteroatoms. The molecule has 0 amide bonds. The third kappa shape index (κ3) is 9.81. The van der Waals surface area contributed by atoms with Gasteiger partial charge in [-0.25, -0.2) is 0 Å². The number of carbonyl (C=O) groups excluding carboxylic acids is 3. The summed E-state index contributed by atoms with van der Waals surface area (Å²) in [7, 11) is 0. The van der Waals surface area contributed by atoms with Gasteiger partial charge in [0.05, 0.1) is 6.61 Å². The maximum atomic E-state index is 12.5. The smallest absolute Gasteiger partial charge is 0.303 e. The highest BCUT2D eigenvalue weighted by Crippen LogP contribution is 2.34. The number of rotatable bonds is 11. The van der Waals surface area contributed by atoms with Crippen molar-refractivity contribution in [3.63, 3.8) is 0 Å². The van der Waals surface area contributed by atoms with Crippen LogP contribution in [0.15, 0.2) is 23.8 Å². The Labute approximate surface area is 187 Å². The van der Waals surface area contributed by atoms with Crippen LogP contribution in [0.2, 0.25) is 0 Å². The van der Waals surface area contributed by atoms with E-state index in [1.54, 1.807) is 0 Å². The fourth-order valence-corrected chi connectivity index (χ4v) is 3.62. The zero-order chi connectivity index (χ0) is 23.6. The minimum Gasteiger partial charge on any atom is -0.462 e. The molecule has 1 heterocycles. The van der Waals surface area contributed by atoms with E-state index in [1.807, 2.05) is 19.9 Å². The molecule has 0 aromatic heterocycles. The van der Waals surface area contributed by atoms with Crippen LogP contribution in [0.25, 0.3) is 0 Å². The molecule has 1 unspecified atom stereocenters. The van der Waals surface area contributed by atoms with Crippen LogP contribution in [0.3, 0.4) is 0 Å². The number of hydrogen-bond acceptors (Lipinski definition) is 6. The van der Waals surface area contributed by atoms with E-state index in [2.05, 4.69) is 20.4 Å². The van der Waals surface area contributed by atoms with Crippen molar-refractivity contribution in [2.75, 3.05) is 13.2 Å². The molecule has 0 aliphatic carbocycles. The number of Topliss-reactive ketones (excluding diaryl/α,β-unsaturated/α-hetero) is 1. The number of carbonyl (C=O) groups is 3. The second-order valence-electron chi connectivity index (χ2n) is 9.15. The largest absolute Gasteiger partial charge is 0.462 e. The lowest BCUT2D eigenvalue weighted by molar-refractivity contribution is -0.167. The molecule has 1 saturated heterocycles. The predicted molar refractivity (Wildman–Crippen MR) is 120 cm³/mol. The van der Waals surface area contributed by atoms with Gasteiger partial charge in [0.15, 0.2) is 0 Å². The van der Waals surface area contributed by atoms with Gasteiger partial charge in [0.25, 0.3) is 0 Å². The SMILES string of the molecule is C=C(CC(=O)C(C)CCC[C@]1(C)OC/C(=C/COC(C)=O)CC[C@H]1OC(C)=O)C(C)C. The molecule has 31 heavy (non-hydrogen) atoms. The summed E-state index contributed by atoms with van der Waals surface area (Å²) >= 11 is 0. The normalized spacial score (nSPS) is 23.8. The lowest BCUT2D eigenvalue weighted by atomic mass is 9.86. The molecule has 6 nitrogen and oxygen atoms in total. The van der Waals surface area contributed by atoms with Crippen molar-refractivity contribution in [3.8, 4) is 0 Å². The second kappa shape index (κ2) is 12.8. The molecule has 176 valence electrons. The third-order valence-electron chi connectivity index (χ3n) is 6.04. The lowest BCUT2D eigenvalue weighted by Crippen LogP contribution is -2.43. The van der Waals surface area contributed by atoms with Crippen molar-refractivity contribution in [1.29, 1.82) is 0 Å². The number of esters is 2. The Morgan fingerprint density at radius 1 is 1.23 bits per heavy atom. The van der Waals surface area contributed by atoms with Crippen LogP contribution in [0.1, 0.15) is 80.1 Å². The molecule has 0 bridgehead atoms. The van der Waals surface area contributed by atoms with Gasteiger partial charge < -0.3 is 14.2 Å². The van der Waals surface area contributed by atoms with Gasteiger partial charge in [-0.2, -0.15) is 0 Å². The van der Waals surface area contributed by atoms with Gasteiger partial charge >= 0.3 is 11.9 Å². The minimum absolute atomic E-state index is 0.0451. The highest BCUT2D eigenvalue weighted by Gasteiger charge is 2.39. The van der Waals surface area contributed by atoms with Gasteiger partial charge in [0, 0.05) is 26.2 Å². The molecule has 0 radical (unpaired) electrons. The van der Waals surface area contributed by atoms with E-state index in [0.717, 1.165) is 24.0 Å². The summed E-state index contributed by atoms with van der Waals surface area (Å²) in [5.41, 5.74) is 1.37. The van der Waals surface area contributed by atoms with Crippen LogP contribution in [-0.4, -0.2) is 42.6 Å². The zero-order valence-corrected chi connectivity index (χ0v) is 20.1. The van der Waals surface area contributed by atoms with Crippen molar-refractivity contribution >= 4 is 17.7 Å². The van der Waals surface area contributed by atoms with E-state index in [9.17, 15) is 14.4 Å². The molecule has 1 rings (SSSR count). The molecular formula is C25H40O6. The number of ether oxygens (including phenoxy) is 3. The Morgan fingerprint density at radius 2 is 1.90 bits per heavy atom. The quantitative estimate of drug-likeness (QED) is 0.337. The Bertz CT molecular complexity index is 677. The van der Waals surface area contributed by atoms with E-state index >= 15 is 0 Å². The summed E-state index contributed by atoms with van der Waals surface area (Å²) in [6, 6.07) is 0. The number of hydrogen-bond donors (Lipinski definition) is 0. The molecular weight excluding hydrogens is 396 g/mol. The van der Waals surface area contributed by atoms with E-state index in [4.69, 9.17) is 14.2 Å². The Morgan fingerprint density at radius 3 is 2.48 bits per heavy atom. The number of ketones is 1. The fourth-order valence-electron chi connectivity index (χ4n) is 3.62. The van der Waals surface area contributed by atoms with Crippen LogP contribution >= 0.6 is 0 Å². The summed E-state index contributed by atoms with van der Waals surface area (Å²) < 4.78 is 16.8. The van der Waals surface area contributed by atoms with Crippen molar-refractivity contribution in [2.24, 2.45) is 11.8 Å². The maximum absolute atomic E-state index is 12.5. The summed E-state index contributed by atoms with van der Waals surface area (Å²) in [4.78, 5) is 35.1. The topological polar surface area (TPSA) is 78.9 Å². The molecule has 0 saturated carbocycles. The lowest BCUT2D eigenvalue weighted by Gasteiger charge is -2.35. The summed E-state index contributed by atoms with van der Waals surface area (Å²) in [5, 5.41) is 0. The van der Waals surface area contributed by atoms with Gasteiger partial charge in [-0.3, -0.25) is 14.4 Å². The summed E-state index contributed by atoms with van der Waals surface area (Å²) in [5.74, 6) is -0.172. The fraction of sp³-hybridized carbons (Fsp3) is 0.720. The van der Waals surface area contributed by atoms with E-state index < -0.39 is 5.60 Å². The third-order valence-corrected chi connectivity index (χ3v) is 6.04. The Kier molecular flexibility index (Phi) is 11.2. The molecule has 1 aliphatic heterocycles. The van der Waals surface area contributed by atoms with Crippen molar-refractivity contribution in [2.45, 2.75) is 91.8 Å². The first-order chi connectivity index (χ1) is 14.4. The average molecular weight is 437 g/mol. The molecule has 0 aromatic carbocycles. The molecule has 1 aliphatic rings. The first-order valence-electron chi connectivity index (χ1n) is 11.3. The molecule has 0 spiro atoms. The van der Waals surface area contributed by atoms with Gasteiger partial charge in [-0.05, 0) is 56.6 Å². The second-order valence-corrected chi connectivity index (χ2v) is 9.15. The van der Waals surface area contributed by atoms with Crippen LogP contribution in [0, 0.1) is 11.8 Å². The first kappa shape index (κ1) is 27.1. The van der Waals surface area contributed by atoms with Crippen LogP contribution < -0.4 is 0 Å². The Balaban J connectivity index is 2.71. The van der Waals surface area contributed by atoms with Crippen LogP contribution in [0.5, 0.6) is 0 Å². The van der Waals surface area contributed by atoms with Gasteiger partial charge in [-0.1, -0.05) is 32.9 Å². The highest BCUT2D eigenvalue weighted by molar-refractivity contribution is 5.82. The first-order valence-corrected chi connectivity index (χ1v) is 11.3. The minimum atomic E-state index is -0.632. The van der Waals surface area contributed by atoms with Crippen molar-refractivity contribution < 1.29 is 28.6 Å². The maximum Gasteiger partial charge on any atom is 0.303 e. The van der Waals surface area contributed by atoms with E-state index in [1.165, 1.54) is 13.8 Å². The van der Waals surface area contributed by atoms with Gasteiger partial charge in [0.1, 0.15) is 24.1 Å². The number of allylic oxidation sites excluding steroid dienone is 1. The molecule has 0 N–H and O–H groups in total. The van der Waals surface area contributed by atoms with Crippen molar-refractivity contribution in [1.82, 2.24) is 0 Å². The van der Waals surface area contributed by atoms with Gasteiger partial charge in [0.2, 0.25) is 0 Å². The summed E-state index contributed by atoms with van der Waals surface area (Å²) in [6.07, 6.45) is 5.51. The molecule has 1 fully saturated rings. The zero-order valence-electron chi connectivity index (χ0n) is 20.1. The van der Waals surface area contributed by atoms with Gasteiger partial charge in [-0.15, -0.1) is 0 Å². The standard InChI is InChI=1S/C25H40O6/c1-17(2)19(4)15-23(28)18(3)9-8-13-25(7)24(31-21(6)27)11-10-22(16-30-25)12-14-29-20(5)26/h12,17-18,24H,4,8-11,13-16H2,1-3,5-7H3/b22-12+/t18?,24-,25+/m1/s1. The van der Waals surface area contributed by atoms with Crippen LogP contribution in [-0.2, 0) is 28.6 Å². The predicted octanol–water partition coefficient (Wildman–Crippen LogP) is 4.95. The highest BCUT2D eigenvalue weighted by atomic mass is 16.6. The Hall–Kier alpha value is -1.95. The molecule has 0 aromatic rings. The van der Waals surface area contributed by atoms with Crippen LogP contribution in [0.4, 0.5) is 0 Å².